The van der Waals surface area contributed by atoms with Gasteiger partial charge in [0.1, 0.15) is 5.82 Å². The van der Waals surface area contributed by atoms with Crippen LogP contribution in [-0.4, -0.2) is 45.6 Å². The van der Waals surface area contributed by atoms with Crippen molar-refractivity contribution in [2.45, 2.75) is 49.9 Å². The van der Waals surface area contributed by atoms with E-state index >= 15 is 0 Å². The number of rotatable bonds is 5. The number of nitrogens with one attached hydrogen (secondary N) is 1. The molecule has 0 radical (unpaired) electrons. The zero-order valence-corrected chi connectivity index (χ0v) is 21.6. The molecule has 1 amide bonds. The highest BCUT2D eigenvalue weighted by Crippen LogP contribution is 2.52. The van der Waals surface area contributed by atoms with Crippen LogP contribution in [0.5, 0.6) is 0 Å². The summed E-state index contributed by atoms with van der Waals surface area (Å²) < 4.78 is 44.7. The largest absolute Gasteiger partial charge is 0.416 e. The van der Waals surface area contributed by atoms with E-state index in [-0.39, 0.29) is 29.6 Å². The number of fused-ring (bicyclic) bond motifs is 1. The predicted molar refractivity (Wildman–Crippen MR) is 140 cm³/mol. The number of H-pyrrole nitrogens is 1. The monoisotopic (exact) mass is 551 g/mol. The third kappa shape index (κ3) is 4.86. The first-order valence-corrected chi connectivity index (χ1v) is 13.3. The van der Waals surface area contributed by atoms with Gasteiger partial charge in [0.15, 0.2) is 6.10 Å². The first-order valence-electron chi connectivity index (χ1n) is 13.3. The number of aromatic nitrogens is 2. The Kier molecular flexibility index (Phi) is 6.62. The summed E-state index contributed by atoms with van der Waals surface area (Å²) in [5.74, 6) is -0.149. The van der Waals surface area contributed by atoms with Crippen molar-refractivity contribution in [3.63, 3.8) is 0 Å². The lowest BCUT2D eigenvalue weighted by atomic mass is 9.90. The molecule has 2 aromatic carbocycles. The van der Waals surface area contributed by atoms with Crippen molar-refractivity contribution in [3.05, 3.63) is 104 Å². The number of carbonyl (C=O) groups is 1. The first-order chi connectivity index (χ1) is 19.2. The first kappa shape index (κ1) is 26.5. The highest BCUT2D eigenvalue weighted by atomic mass is 19.4. The molecule has 2 N–H and O–H groups in total. The number of hydrogen-bond acceptors (Lipinski definition) is 5. The molecule has 0 saturated heterocycles. The molecular formula is C30H28F3N3O4. The van der Waals surface area contributed by atoms with E-state index in [0.29, 0.717) is 36.7 Å². The lowest BCUT2D eigenvalue weighted by Gasteiger charge is -2.30. The number of benzene rings is 2. The molecule has 40 heavy (non-hydrogen) atoms. The quantitative estimate of drug-likeness (QED) is 0.494. The van der Waals surface area contributed by atoms with E-state index in [1.165, 1.54) is 16.5 Å². The molecule has 6 rings (SSSR count). The summed E-state index contributed by atoms with van der Waals surface area (Å²) in [6, 6.07) is 12.4. The van der Waals surface area contributed by atoms with E-state index < -0.39 is 23.8 Å². The number of carbonyl (C=O) groups excluding carboxylic acids is 1. The van der Waals surface area contributed by atoms with Crippen LogP contribution in [0.1, 0.15) is 64.7 Å². The summed E-state index contributed by atoms with van der Waals surface area (Å²) in [5.41, 5.74) is 2.59. The van der Waals surface area contributed by atoms with Gasteiger partial charge in [-0.2, -0.15) is 13.2 Å². The summed E-state index contributed by atoms with van der Waals surface area (Å²) in [6.45, 7) is 1.40. The van der Waals surface area contributed by atoms with Gasteiger partial charge in [-0.05, 0) is 53.7 Å². The van der Waals surface area contributed by atoms with Crippen LogP contribution >= 0.6 is 0 Å². The number of aromatic amines is 1. The van der Waals surface area contributed by atoms with Gasteiger partial charge < -0.3 is 19.7 Å². The second-order valence-electron chi connectivity index (χ2n) is 10.6. The molecule has 7 nitrogen and oxygen atoms in total. The maximum Gasteiger partial charge on any atom is 0.416 e. The van der Waals surface area contributed by atoms with Crippen LogP contribution in [0.3, 0.4) is 0 Å². The van der Waals surface area contributed by atoms with Gasteiger partial charge in [0.2, 0.25) is 0 Å². The topological polar surface area (TPSA) is 95.5 Å². The minimum absolute atomic E-state index is 0.0779. The molecule has 3 aliphatic rings. The standard InChI is InChI=1S/C30H28F3N3O4/c31-30(32,33)22-6-2-4-20(16-22)25(37)27(39)36-12-7-24-23(17-36)26(38)35-28(34-24)29(10-11-29)21-5-1-3-19(15-21)18-8-13-40-14-9-18/h1-6,8,15-16,25,37H,7,9-14,17H2,(H,34,35,38)/t25-/m1/s1. The van der Waals surface area contributed by atoms with Crippen LogP contribution in [0.4, 0.5) is 13.2 Å². The number of aliphatic hydroxyl groups excluding tert-OH is 1. The van der Waals surface area contributed by atoms with E-state index in [4.69, 9.17) is 9.72 Å². The normalized spacial score (nSPS) is 19.0. The fraction of sp³-hybridized carbons (Fsp3) is 0.367. The maximum absolute atomic E-state index is 13.2. The van der Waals surface area contributed by atoms with Crippen LogP contribution in [0.25, 0.3) is 5.57 Å². The van der Waals surface area contributed by atoms with Crippen LogP contribution in [0, 0.1) is 0 Å². The maximum atomic E-state index is 13.2. The van der Waals surface area contributed by atoms with Gasteiger partial charge in [-0.25, -0.2) is 4.98 Å². The highest BCUT2D eigenvalue weighted by Gasteiger charge is 2.49. The van der Waals surface area contributed by atoms with Crippen LogP contribution < -0.4 is 5.56 Å². The van der Waals surface area contributed by atoms with Crippen molar-refractivity contribution >= 4 is 11.5 Å². The fourth-order valence-electron chi connectivity index (χ4n) is 5.63. The van der Waals surface area contributed by atoms with Crippen molar-refractivity contribution < 1.29 is 27.8 Å². The molecular weight excluding hydrogens is 523 g/mol. The number of alkyl halides is 3. The molecule has 208 valence electrons. The molecule has 0 spiro atoms. The summed E-state index contributed by atoms with van der Waals surface area (Å²) >= 11 is 0. The molecule has 3 heterocycles. The SMILES string of the molecule is O=C([C@H](O)c1cccc(C(F)(F)F)c1)N1CCc2nc(C3(c4cccc(C5=CCOCC5)c4)CC3)[nH]c(=O)c2C1. The summed E-state index contributed by atoms with van der Waals surface area (Å²) in [5, 5.41) is 10.6. The Balaban J connectivity index is 1.23. The summed E-state index contributed by atoms with van der Waals surface area (Å²) in [6.07, 6.45) is -1.41. The predicted octanol–water partition coefficient (Wildman–Crippen LogP) is 4.29. The fourth-order valence-corrected chi connectivity index (χ4v) is 5.63. The summed E-state index contributed by atoms with van der Waals surface area (Å²) in [4.78, 5) is 35.3. The lowest BCUT2D eigenvalue weighted by Crippen LogP contribution is -2.42. The van der Waals surface area contributed by atoms with Crippen LogP contribution in [-0.2, 0) is 34.1 Å². The lowest BCUT2D eigenvalue weighted by molar-refractivity contribution is -0.142. The smallest absolute Gasteiger partial charge is 0.378 e. The molecule has 1 aliphatic carbocycles. The van der Waals surface area contributed by atoms with Crippen LogP contribution in [0.2, 0.25) is 0 Å². The molecule has 2 aliphatic heterocycles. The molecule has 1 atom stereocenters. The number of hydrogen-bond donors (Lipinski definition) is 2. The van der Waals surface area contributed by atoms with Gasteiger partial charge in [0, 0.05) is 13.0 Å². The van der Waals surface area contributed by atoms with Gasteiger partial charge in [-0.1, -0.05) is 42.5 Å². The van der Waals surface area contributed by atoms with Gasteiger partial charge in [0.05, 0.1) is 42.0 Å². The zero-order chi connectivity index (χ0) is 28.1. The molecule has 0 unspecified atom stereocenters. The Morgan fingerprint density at radius 2 is 1.93 bits per heavy atom. The molecule has 3 aromatic rings. The number of halogens is 3. The van der Waals surface area contributed by atoms with Crippen molar-refractivity contribution in [1.82, 2.24) is 14.9 Å². The summed E-state index contributed by atoms with van der Waals surface area (Å²) in [7, 11) is 0. The van der Waals surface area contributed by atoms with Crippen molar-refractivity contribution in [1.29, 1.82) is 0 Å². The van der Waals surface area contributed by atoms with Crippen LogP contribution in [0.15, 0.2) is 59.4 Å². The van der Waals surface area contributed by atoms with Crippen molar-refractivity contribution in [2.75, 3.05) is 19.8 Å². The van der Waals surface area contributed by atoms with E-state index in [2.05, 4.69) is 29.3 Å². The van der Waals surface area contributed by atoms with Gasteiger partial charge >= 0.3 is 6.18 Å². The minimum atomic E-state index is -4.60. The average Bonchev–Trinajstić information content (AvgIpc) is 3.79. The van der Waals surface area contributed by atoms with E-state index in [0.717, 1.165) is 48.6 Å². The Hall–Kier alpha value is -3.76. The third-order valence-corrected chi connectivity index (χ3v) is 8.10. The Labute approximate surface area is 228 Å². The molecule has 1 fully saturated rings. The van der Waals surface area contributed by atoms with E-state index in [1.807, 2.05) is 6.07 Å². The third-order valence-electron chi connectivity index (χ3n) is 8.10. The van der Waals surface area contributed by atoms with E-state index in [9.17, 15) is 27.9 Å². The van der Waals surface area contributed by atoms with E-state index in [1.54, 1.807) is 0 Å². The second-order valence-corrected chi connectivity index (χ2v) is 10.6. The number of nitrogens with zero attached hydrogens (tertiary/aromatic N) is 2. The van der Waals surface area contributed by atoms with Crippen molar-refractivity contribution in [3.8, 4) is 0 Å². The van der Waals surface area contributed by atoms with Gasteiger partial charge in [-0.15, -0.1) is 0 Å². The molecule has 1 saturated carbocycles. The molecule has 1 aromatic heterocycles. The Morgan fingerprint density at radius 3 is 2.65 bits per heavy atom. The number of ether oxygens (including phenoxy) is 1. The Morgan fingerprint density at radius 1 is 1.12 bits per heavy atom. The number of aliphatic hydroxyl groups is 1. The zero-order valence-electron chi connectivity index (χ0n) is 21.6. The van der Waals surface area contributed by atoms with Gasteiger partial charge in [0.25, 0.3) is 11.5 Å². The second kappa shape index (κ2) is 10.0. The minimum Gasteiger partial charge on any atom is -0.378 e. The molecule has 10 heteroatoms. The highest BCUT2D eigenvalue weighted by molar-refractivity contribution is 5.82. The average molecular weight is 552 g/mol. The van der Waals surface area contributed by atoms with Crippen molar-refractivity contribution in [2.24, 2.45) is 0 Å². The number of amides is 1. The Bertz CT molecular complexity index is 1560. The van der Waals surface area contributed by atoms with Gasteiger partial charge in [-0.3, -0.25) is 9.59 Å². The molecule has 0 bridgehead atoms.